The molecule has 0 radical (unpaired) electrons. The van der Waals surface area contributed by atoms with Gasteiger partial charge >= 0.3 is 0 Å². The predicted molar refractivity (Wildman–Crippen MR) is 119 cm³/mol. The van der Waals surface area contributed by atoms with Gasteiger partial charge in [-0.15, -0.1) is 0 Å². The lowest BCUT2D eigenvalue weighted by molar-refractivity contribution is -0.243. The molecule has 1 fully saturated rings. The first-order valence-electron chi connectivity index (χ1n) is 10.3. The van der Waals surface area contributed by atoms with Gasteiger partial charge in [-0.2, -0.15) is 0 Å². The van der Waals surface area contributed by atoms with Crippen LogP contribution in [0.15, 0.2) is 54.6 Å². The van der Waals surface area contributed by atoms with E-state index in [4.69, 9.17) is 11.6 Å². The minimum atomic E-state index is -2.31. The van der Waals surface area contributed by atoms with Crippen molar-refractivity contribution in [2.45, 2.75) is 37.3 Å². The molecule has 4 rings (SSSR count). The molecule has 2 aromatic carbocycles. The summed E-state index contributed by atoms with van der Waals surface area (Å²) in [7, 11) is 0. The van der Waals surface area contributed by atoms with Gasteiger partial charge in [-0.05, 0) is 42.7 Å². The summed E-state index contributed by atoms with van der Waals surface area (Å²) >= 11 is 6.01. The number of carbonyl (C=O) groups excluding carboxylic acids is 2. The third-order valence-electron chi connectivity index (χ3n) is 5.67. The Labute approximate surface area is 189 Å². The van der Waals surface area contributed by atoms with E-state index in [1.54, 1.807) is 24.3 Å². The summed E-state index contributed by atoms with van der Waals surface area (Å²) in [6.07, 6.45) is -1.10. The zero-order chi connectivity index (χ0) is 22.9. The summed E-state index contributed by atoms with van der Waals surface area (Å²) in [6, 6.07) is 14.9. The minimum absolute atomic E-state index is 0.00120. The topological polar surface area (TPSA) is 126 Å². The van der Waals surface area contributed by atoms with Gasteiger partial charge in [0.1, 0.15) is 5.69 Å². The molecule has 3 aromatic rings. The van der Waals surface area contributed by atoms with Crippen LogP contribution in [0.3, 0.4) is 0 Å². The zero-order valence-electron chi connectivity index (χ0n) is 17.2. The van der Waals surface area contributed by atoms with Crippen molar-refractivity contribution in [1.82, 2.24) is 15.2 Å². The van der Waals surface area contributed by atoms with Crippen LogP contribution in [0.2, 0.25) is 5.02 Å². The number of halogens is 1. The molecular weight excluding hydrogens is 434 g/mol. The van der Waals surface area contributed by atoms with E-state index in [-0.39, 0.29) is 25.1 Å². The van der Waals surface area contributed by atoms with E-state index in [0.29, 0.717) is 11.4 Å². The largest absolute Gasteiger partial charge is 0.381 e. The van der Waals surface area contributed by atoms with Crippen molar-refractivity contribution in [3.63, 3.8) is 0 Å². The van der Waals surface area contributed by atoms with Crippen LogP contribution in [-0.2, 0) is 11.2 Å². The summed E-state index contributed by atoms with van der Waals surface area (Å²) in [5.74, 6) is -3.67. The number of benzene rings is 2. The Hall–Kier alpha value is -2.91. The van der Waals surface area contributed by atoms with Gasteiger partial charge in [-0.3, -0.25) is 14.5 Å². The Kier molecular flexibility index (Phi) is 6.21. The number of likely N-dealkylation sites (tertiary alicyclic amines) is 1. The molecule has 2 amide bonds. The highest BCUT2D eigenvalue weighted by Crippen LogP contribution is 2.26. The Morgan fingerprint density at radius 2 is 1.91 bits per heavy atom. The fourth-order valence-corrected chi connectivity index (χ4v) is 4.17. The summed E-state index contributed by atoms with van der Waals surface area (Å²) in [6.45, 7) is 0.109. The van der Waals surface area contributed by atoms with Crippen molar-refractivity contribution in [3.8, 4) is 0 Å². The smallest absolute Gasteiger partial charge is 0.268 e. The van der Waals surface area contributed by atoms with Gasteiger partial charge in [0.05, 0.1) is 6.04 Å². The van der Waals surface area contributed by atoms with Crippen molar-refractivity contribution in [2.75, 3.05) is 6.54 Å². The molecule has 0 bridgehead atoms. The minimum Gasteiger partial charge on any atom is -0.381 e. The average molecular weight is 458 g/mol. The number of H-pyrrole nitrogens is 1. The maximum absolute atomic E-state index is 13.0. The van der Waals surface area contributed by atoms with Crippen molar-refractivity contribution >= 4 is 34.3 Å². The molecule has 2 heterocycles. The van der Waals surface area contributed by atoms with Crippen LogP contribution in [0, 0.1) is 0 Å². The molecule has 2 atom stereocenters. The van der Waals surface area contributed by atoms with Crippen LogP contribution in [0.25, 0.3) is 10.9 Å². The number of fused-ring (bicyclic) bond motifs is 1. The van der Waals surface area contributed by atoms with Crippen molar-refractivity contribution < 1.29 is 24.9 Å². The molecule has 1 aromatic heterocycles. The van der Waals surface area contributed by atoms with Gasteiger partial charge < -0.3 is 25.6 Å². The van der Waals surface area contributed by atoms with E-state index in [1.807, 2.05) is 30.3 Å². The predicted octanol–water partition coefficient (Wildman–Crippen LogP) is 1.78. The van der Waals surface area contributed by atoms with Gasteiger partial charge in [0.15, 0.2) is 6.10 Å². The first-order valence-corrected chi connectivity index (χ1v) is 10.7. The van der Waals surface area contributed by atoms with Crippen LogP contribution in [0.5, 0.6) is 0 Å². The Bertz CT molecular complexity index is 1130. The van der Waals surface area contributed by atoms with Crippen LogP contribution in [0.4, 0.5) is 0 Å². The van der Waals surface area contributed by atoms with Crippen molar-refractivity contribution in [2.24, 2.45) is 0 Å². The highest BCUT2D eigenvalue weighted by molar-refractivity contribution is 6.31. The molecule has 1 aliphatic heterocycles. The van der Waals surface area contributed by atoms with Gasteiger partial charge in [0.2, 0.25) is 5.91 Å². The number of amides is 2. The fourth-order valence-electron chi connectivity index (χ4n) is 3.99. The summed E-state index contributed by atoms with van der Waals surface area (Å²) in [5, 5.41) is 35.0. The number of hydrogen-bond acceptors (Lipinski definition) is 5. The molecule has 168 valence electrons. The molecular formula is C23H24ClN3O5. The SMILES string of the molecule is O=C(NC(Cc1ccccc1)[C@@H](O)C(=O)N1CCCC1(O)O)c1cc2cc(Cl)ccc2[nH]1. The van der Waals surface area contributed by atoms with E-state index >= 15 is 0 Å². The number of aromatic amines is 1. The van der Waals surface area contributed by atoms with Crippen LogP contribution >= 0.6 is 11.6 Å². The molecule has 0 aliphatic carbocycles. The number of aromatic nitrogens is 1. The second-order valence-corrected chi connectivity index (χ2v) is 8.43. The molecule has 9 heteroatoms. The van der Waals surface area contributed by atoms with Crippen LogP contribution < -0.4 is 5.32 Å². The number of carbonyl (C=O) groups is 2. The van der Waals surface area contributed by atoms with Gasteiger partial charge in [-0.25, -0.2) is 0 Å². The summed E-state index contributed by atoms with van der Waals surface area (Å²) in [4.78, 5) is 29.7. The molecule has 1 saturated heterocycles. The standard InChI is InChI=1S/C23H24ClN3O5/c24-16-7-8-17-15(12-16)13-19(25-17)21(29)26-18(11-14-5-2-1-3-6-14)20(28)22(30)27-10-4-9-23(27,31)32/h1-3,5-8,12-13,18,20,25,28,31-32H,4,9-11H2,(H,26,29)/t18?,20-/m1/s1. The number of aliphatic hydroxyl groups excluding tert-OH is 1. The highest BCUT2D eigenvalue weighted by Gasteiger charge is 2.44. The second kappa shape index (κ2) is 8.91. The molecule has 0 spiro atoms. The second-order valence-electron chi connectivity index (χ2n) is 8.00. The summed E-state index contributed by atoms with van der Waals surface area (Å²) < 4.78 is 0. The molecule has 32 heavy (non-hydrogen) atoms. The lowest BCUT2D eigenvalue weighted by atomic mass is 10.00. The zero-order valence-corrected chi connectivity index (χ0v) is 17.9. The average Bonchev–Trinajstić information content (AvgIpc) is 3.35. The molecule has 1 unspecified atom stereocenters. The van der Waals surface area contributed by atoms with E-state index in [2.05, 4.69) is 10.3 Å². The molecule has 0 saturated carbocycles. The number of nitrogens with one attached hydrogen (secondary N) is 2. The third-order valence-corrected chi connectivity index (χ3v) is 5.90. The van der Waals surface area contributed by atoms with Crippen LogP contribution in [-0.4, -0.2) is 61.6 Å². The molecule has 5 N–H and O–H groups in total. The third kappa shape index (κ3) is 4.63. The lowest BCUT2D eigenvalue weighted by Gasteiger charge is -2.32. The highest BCUT2D eigenvalue weighted by atomic mass is 35.5. The Morgan fingerprint density at radius 3 is 2.59 bits per heavy atom. The van der Waals surface area contributed by atoms with E-state index in [0.717, 1.165) is 21.4 Å². The number of hydrogen-bond donors (Lipinski definition) is 5. The Morgan fingerprint density at radius 1 is 1.16 bits per heavy atom. The maximum Gasteiger partial charge on any atom is 0.268 e. The number of rotatable bonds is 6. The van der Waals surface area contributed by atoms with Gasteiger partial charge in [0, 0.05) is 28.9 Å². The Balaban J connectivity index is 1.58. The van der Waals surface area contributed by atoms with Crippen molar-refractivity contribution in [3.05, 3.63) is 70.9 Å². The fraction of sp³-hybridized carbons (Fsp3) is 0.304. The van der Waals surface area contributed by atoms with Gasteiger partial charge in [-0.1, -0.05) is 41.9 Å². The lowest BCUT2D eigenvalue weighted by Crippen LogP contribution is -2.57. The number of nitrogens with zero attached hydrogens (tertiary/aromatic N) is 1. The normalized spacial score (nSPS) is 17.3. The first kappa shape index (κ1) is 22.3. The maximum atomic E-state index is 13.0. The van der Waals surface area contributed by atoms with Crippen molar-refractivity contribution in [1.29, 1.82) is 0 Å². The van der Waals surface area contributed by atoms with E-state index in [9.17, 15) is 24.9 Å². The van der Waals surface area contributed by atoms with Gasteiger partial charge in [0.25, 0.3) is 11.8 Å². The monoisotopic (exact) mass is 457 g/mol. The molecule has 1 aliphatic rings. The molecule has 8 nitrogen and oxygen atoms in total. The first-order chi connectivity index (χ1) is 15.2. The van der Waals surface area contributed by atoms with Crippen LogP contribution in [0.1, 0.15) is 28.9 Å². The van der Waals surface area contributed by atoms with E-state index < -0.39 is 29.9 Å². The quantitative estimate of drug-likeness (QED) is 0.361. The number of aliphatic hydroxyl groups is 3. The summed E-state index contributed by atoms with van der Waals surface area (Å²) in [5.41, 5.74) is 1.77. The van der Waals surface area contributed by atoms with E-state index in [1.165, 1.54) is 0 Å².